The first-order valence-corrected chi connectivity index (χ1v) is 8.84. The molecule has 0 aromatic heterocycles. The monoisotopic (exact) mass is 300 g/mol. The Morgan fingerprint density at radius 1 is 1.09 bits per heavy atom. The number of carbonyl (C=O) groups excluding carboxylic acids is 1. The predicted molar refractivity (Wildman–Crippen MR) is 89.3 cm³/mol. The molecule has 120 valence electrons. The van der Waals surface area contributed by atoms with Crippen LogP contribution in [0.5, 0.6) is 0 Å². The number of hydrogen-bond acceptors (Lipinski definition) is 2. The van der Waals surface area contributed by atoms with E-state index in [0.717, 1.165) is 18.0 Å². The highest BCUT2D eigenvalue weighted by Gasteiger charge is 2.32. The van der Waals surface area contributed by atoms with Crippen LogP contribution in [-0.4, -0.2) is 23.4 Å². The minimum absolute atomic E-state index is 0.181. The standard InChI is InChI=1S/C19H28N2O/c20-18(16-7-3-1-4-8-16)13-19(22)21(14-15-11-12-15)17-9-5-2-6-10-17/h1,3-4,7-8,15,17-18H,2,5-6,9-14,20H2. The Morgan fingerprint density at radius 3 is 2.41 bits per heavy atom. The van der Waals surface area contributed by atoms with Crippen molar-refractivity contribution in [2.24, 2.45) is 11.7 Å². The lowest BCUT2D eigenvalue weighted by atomic mass is 9.93. The van der Waals surface area contributed by atoms with E-state index in [2.05, 4.69) is 4.90 Å². The van der Waals surface area contributed by atoms with Gasteiger partial charge in [0.05, 0.1) is 0 Å². The van der Waals surface area contributed by atoms with Gasteiger partial charge in [0.1, 0.15) is 0 Å². The number of amides is 1. The van der Waals surface area contributed by atoms with Crippen LogP contribution in [0.3, 0.4) is 0 Å². The second-order valence-electron chi connectivity index (χ2n) is 7.00. The molecule has 2 fully saturated rings. The van der Waals surface area contributed by atoms with Crippen molar-refractivity contribution in [3.8, 4) is 0 Å². The lowest BCUT2D eigenvalue weighted by Crippen LogP contribution is -2.43. The van der Waals surface area contributed by atoms with Crippen LogP contribution < -0.4 is 5.73 Å². The Labute approximate surface area is 133 Å². The highest BCUT2D eigenvalue weighted by molar-refractivity contribution is 5.77. The molecule has 0 spiro atoms. The summed E-state index contributed by atoms with van der Waals surface area (Å²) in [5.74, 6) is 1.01. The molecular formula is C19H28N2O. The summed E-state index contributed by atoms with van der Waals surface area (Å²) < 4.78 is 0. The molecule has 3 nitrogen and oxygen atoms in total. The molecule has 3 rings (SSSR count). The zero-order chi connectivity index (χ0) is 15.4. The third-order valence-electron chi connectivity index (χ3n) is 5.11. The van der Waals surface area contributed by atoms with Gasteiger partial charge in [-0.25, -0.2) is 0 Å². The van der Waals surface area contributed by atoms with Crippen LogP contribution >= 0.6 is 0 Å². The van der Waals surface area contributed by atoms with Crippen molar-refractivity contribution in [2.45, 2.75) is 63.5 Å². The van der Waals surface area contributed by atoms with E-state index in [1.54, 1.807) is 0 Å². The van der Waals surface area contributed by atoms with E-state index >= 15 is 0 Å². The minimum Gasteiger partial charge on any atom is -0.339 e. The van der Waals surface area contributed by atoms with Crippen LogP contribution in [-0.2, 0) is 4.79 Å². The maximum absolute atomic E-state index is 12.8. The Bertz CT molecular complexity index is 477. The van der Waals surface area contributed by atoms with E-state index in [-0.39, 0.29) is 11.9 Å². The predicted octanol–water partition coefficient (Wildman–Crippen LogP) is 3.65. The van der Waals surface area contributed by atoms with Gasteiger partial charge in [-0.05, 0) is 37.2 Å². The van der Waals surface area contributed by atoms with Crippen molar-refractivity contribution < 1.29 is 4.79 Å². The van der Waals surface area contributed by atoms with Gasteiger partial charge in [0.25, 0.3) is 0 Å². The molecule has 0 aliphatic heterocycles. The fourth-order valence-electron chi connectivity index (χ4n) is 3.55. The average molecular weight is 300 g/mol. The summed E-state index contributed by atoms with van der Waals surface area (Å²) in [4.78, 5) is 15.0. The molecule has 2 aliphatic rings. The van der Waals surface area contributed by atoms with Crippen molar-refractivity contribution in [2.75, 3.05) is 6.54 Å². The molecule has 1 amide bonds. The first kappa shape index (κ1) is 15.5. The number of hydrogen-bond donors (Lipinski definition) is 1. The van der Waals surface area contributed by atoms with Crippen molar-refractivity contribution in [1.82, 2.24) is 4.90 Å². The van der Waals surface area contributed by atoms with Crippen LogP contribution in [0.15, 0.2) is 30.3 Å². The smallest absolute Gasteiger partial charge is 0.224 e. The summed E-state index contributed by atoms with van der Waals surface area (Å²) in [7, 11) is 0. The first-order chi connectivity index (χ1) is 10.7. The molecule has 1 aromatic carbocycles. The summed E-state index contributed by atoms with van der Waals surface area (Å²) in [6.07, 6.45) is 9.24. The van der Waals surface area contributed by atoms with E-state index in [1.807, 2.05) is 30.3 Å². The minimum atomic E-state index is -0.181. The summed E-state index contributed by atoms with van der Waals surface area (Å²) in [5.41, 5.74) is 7.32. The lowest BCUT2D eigenvalue weighted by Gasteiger charge is -2.35. The molecule has 2 N–H and O–H groups in total. The van der Waals surface area contributed by atoms with E-state index in [9.17, 15) is 4.79 Å². The van der Waals surface area contributed by atoms with Crippen LogP contribution in [0.25, 0.3) is 0 Å². The summed E-state index contributed by atoms with van der Waals surface area (Å²) in [6.45, 7) is 0.963. The molecular weight excluding hydrogens is 272 g/mol. The van der Waals surface area contributed by atoms with E-state index in [1.165, 1.54) is 44.9 Å². The number of rotatable bonds is 6. The Kier molecular flexibility index (Phi) is 5.14. The highest BCUT2D eigenvalue weighted by atomic mass is 16.2. The molecule has 0 saturated heterocycles. The van der Waals surface area contributed by atoms with Gasteiger partial charge < -0.3 is 10.6 Å². The van der Waals surface area contributed by atoms with Crippen LogP contribution in [0, 0.1) is 5.92 Å². The normalized spacial score (nSPS) is 20.6. The van der Waals surface area contributed by atoms with Crippen molar-refractivity contribution in [1.29, 1.82) is 0 Å². The van der Waals surface area contributed by atoms with E-state index in [0.29, 0.717) is 12.5 Å². The Morgan fingerprint density at radius 2 is 1.77 bits per heavy atom. The second kappa shape index (κ2) is 7.28. The number of nitrogens with two attached hydrogens (primary N) is 1. The molecule has 0 heterocycles. The van der Waals surface area contributed by atoms with Crippen LogP contribution in [0.4, 0.5) is 0 Å². The Hall–Kier alpha value is -1.35. The number of nitrogens with zero attached hydrogens (tertiary/aromatic N) is 1. The molecule has 2 aliphatic carbocycles. The molecule has 3 heteroatoms. The van der Waals surface area contributed by atoms with Gasteiger partial charge in [0.2, 0.25) is 5.91 Å². The largest absolute Gasteiger partial charge is 0.339 e. The summed E-state index contributed by atoms with van der Waals surface area (Å²) in [5, 5.41) is 0. The van der Waals surface area contributed by atoms with E-state index in [4.69, 9.17) is 5.73 Å². The molecule has 1 aromatic rings. The summed E-state index contributed by atoms with van der Waals surface area (Å²) in [6, 6.07) is 10.3. The molecule has 1 atom stereocenters. The molecule has 0 radical (unpaired) electrons. The van der Waals surface area contributed by atoms with Gasteiger partial charge in [0.15, 0.2) is 0 Å². The second-order valence-corrected chi connectivity index (χ2v) is 7.00. The van der Waals surface area contributed by atoms with Gasteiger partial charge in [-0.2, -0.15) is 0 Å². The fourth-order valence-corrected chi connectivity index (χ4v) is 3.55. The highest BCUT2D eigenvalue weighted by Crippen LogP contribution is 2.33. The van der Waals surface area contributed by atoms with Crippen molar-refractivity contribution in [3.05, 3.63) is 35.9 Å². The van der Waals surface area contributed by atoms with Crippen molar-refractivity contribution >= 4 is 5.91 Å². The summed E-state index contributed by atoms with van der Waals surface area (Å²) >= 11 is 0. The number of carbonyl (C=O) groups is 1. The fraction of sp³-hybridized carbons (Fsp3) is 0.632. The van der Waals surface area contributed by atoms with Crippen LogP contribution in [0.2, 0.25) is 0 Å². The SMILES string of the molecule is NC(CC(=O)N(CC1CC1)C1CCCCC1)c1ccccc1. The number of benzene rings is 1. The molecule has 1 unspecified atom stereocenters. The van der Waals surface area contributed by atoms with Gasteiger partial charge in [0, 0.05) is 25.0 Å². The van der Waals surface area contributed by atoms with E-state index < -0.39 is 0 Å². The maximum Gasteiger partial charge on any atom is 0.224 e. The lowest BCUT2D eigenvalue weighted by molar-refractivity contribution is -0.135. The van der Waals surface area contributed by atoms with Gasteiger partial charge in [-0.15, -0.1) is 0 Å². The van der Waals surface area contributed by atoms with Gasteiger partial charge in [-0.3, -0.25) is 4.79 Å². The Balaban J connectivity index is 1.63. The zero-order valence-corrected chi connectivity index (χ0v) is 13.4. The third-order valence-corrected chi connectivity index (χ3v) is 5.11. The van der Waals surface area contributed by atoms with Gasteiger partial charge in [-0.1, -0.05) is 49.6 Å². The van der Waals surface area contributed by atoms with Gasteiger partial charge >= 0.3 is 0 Å². The molecule has 22 heavy (non-hydrogen) atoms. The topological polar surface area (TPSA) is 46.3 Å². The zero-order valence-electron chi connectivity index (χ0n) is 13.4. The quantitative estimate of drug-likeness (QED) is 0.871. The van der Waals surface area contributed by atoms with Crippen molar-refractivity contribution in [3.63, 3.8) is 0 Å². The molecule has 2 saturated carbocycles. The third kappa shape index (κ3) is 4.10. The molecule has 0 bridgehead atoms. The first-order valence-electron chi connectivity index (χ1n) is 8.84. The maximum atomic E-state index is 12.8. The van der Waals surface area contributed by atoms with Crippen LogP contribution in [0.1, 0.15) is 63.0 Å². The average Bonchev–Trinajstić information content (AvgIpc) is 3.38.